The van der Waals surface area contributed by atoms with Crippen LogP contribution in [0.4, 0.5) is 4.39 Å². The highest BCUT2D eigenvalue weighted by molar-refractivity contribution is 9.11. The lowest BCUT2D eigenvalue weighted by molar-refractivity contribution is 0.304. The molecule has 63 valence electrons. The first kappa shape index (κ1) is 9.55. The van der Waals surface area contributed by atoms with Gasteiger partial charge in [-0.25, -0.2) is 0 Å². The third-order valence-corrected chi connectivity index (χ3v) is 1.61. The van der Waals surface area contributed by atoms with Crippen molar-refractivity contribution in [3.8, 4) is 5.75 Å². The van der Waals surface area contributed by atoms with E-state index < -0.39 is 6.01 Å². The number of rotatable bonds is 2. The predicted octanol–water partition coefficient (Wildman–Crippen LogP) is 3.68. The molecule has 0 N–H and O–H groups in total. The van der Waals surface area contributed by atoms with Crippen LogP contribution in [0.2, 0.25) is 5.02 Å². The van der Waals surface area contributed by atoms with Crippen molar-refractivity contribution in [2.24, 2.45) is 0 Å². The summed E-state index contributed by atoms with van der Waals surface area (Å²) in [6.45, 7) is 0. The smallest absolute Gasteiger partial charge is 0.285 e. The Morgan fingerprint density at radius 1 is 1.67 bits per heavy atom. The predicted molar refractivity (Wildman–Crippen MR) is 49.0 cm³/mol. The number of ether oxygens (including phenoxy) is 1. The molecule has 0 unspecified atom stereocenters. The molecule has 0 saturated heterocycles. The average molecular weight is 250 g/mol. The zero-order valence-electron chi connectivity index (χ0n) is 5.85. The van der Waals surface area contributed by atoms with Crippen LogP contribution in [0.25, 0.3) is 0 Å². The normalized spacial score (nSPS) is 11.4. The first-order chi connectivity index (χ1) is 5.72. The van der Waals surface area contributed by atoms with Crippen molar-refractivity contribution in [3.63, 3.8) is 0 Å². The van der Waals surface area contributed by atoms with Gasteiger partial charge in [-0.1, -0.05) is 27.5 Å². The summed E-state index contributed by atoms with van der Waals surface area (Å²) in [6, 6.07) is 6.50. The Labute approximate surface area is 82.9 Å². The summed E-state index contributed by atoms with van der Waals surface area (Å²) >= 11 is 8.39. The SMILES string of the molecule is FC(=CBr)Oc1c[c]cc(Cl)c1. The lowest BCUT2D eigenvalue weighted by Gasteiger charge is -2.00. The van der Waals surface area contributed by atoms with E-state index in [4.69, 9.17) is 11.6 Å². The Morgan fingerprint density at radius 3 is 3.00 bits per heavy atom. The van der Waals surface area contributed by atoms with Crippen LogP contribution in [0, 0.1) is 6.07 Å². The van der Waals surface area contributed by atoms with E-state index in [-0.39, 0.29) is 0 Å². The van der Waals surface area contributed by atoms with Crippen LogP contribution in [-0.4, -0.2) is 0 Å². The van der Waals surface area contributed by atoms with Crippen LogP contribution < -0.4 is 4.74 Å². The van der Waals surface area contributed by atoms with Gasteiger partial charge in [0.25, 0.3) is 6.01 Å². The van der Waals surface area contributed by atoms with Gasteiger partial charge in [-0.05, 0) is 24.3 Å². The van der Waals surface area contributed by atoms with E-state index in [1.807, 2.05) is 0 Å². The molecule has 0 aliphatic rings. The maximum Gasteiger partial charge on any atom is 0.285 e. The fourth-order valence-corrected chi connectivity index (χ4v) is 0.880. The van der Waals surface area contributed by atoms with Crippen molar-refractivity contribution in [2.45, 2.75) is 0 Å². The van der Waals surface area contributed by atoms with E-state index in [0.717, 1.165) is 4.99 Å². The largest absolute Gasteiger partial charge is 0.431 e. The molecule has 1 rings (SSSR count). The van der Waals surface area contributed by atoms with Crippen LogP contribution in [0.1, 0.15) is 0 Å². The quantitative estimate of drug-likeness (QED) is 0.728. The highest BCUT2D eigenvalue weighted by Gasteiger charge is 1.97. The van der Waals surface area contributed by atoms with Crippen LogP contribution in [0.5, 0.6) is 5.75 Å². The summed E-state index contributed by atoms with van der Waals surface area (Å²) in [6.07, 6.45) is 0. The van der Waals surface area contributed by atoms with Crippen LogP contribution >= 0.6 is 27.5 Å². The molecule has 1 aromatic carbocycles. The van der Waals surface area contributed by atoms with E-state index in [1.54, 1.807) is 6.07 Å². The van der Waals surface area contributed by atoms with Gasteiger partial charge in [0.15, 0.2) is 0 Å². The molecule has 0 fully saturated rings. The molecule has 0 atom stereocenters. The number of hydrogen-bond donors (Lipinski definition) is 0. The minimum Gasteiger partial charge on any atom is -0.431 e. The van der Waals surface area contributed by atoms with E-state index in [9.17, 15) is 4.39 Å². The van der Waals surface area contributed by atoms with Crippen molar-refractivity contribution in [1.82, 2.24) is 0 Å². The van der Waals surface area contributed by atoms with Crippen molar-refractivity contribution in [2.75, 3.05) is 0 Å². The van der Waals surface area contributed by atoms with Crippen molar-refractivity contribution in [1.29, 1.82) is 0 Å². The van der Waals surface area contributed by atoms with Gasteiger partial charge < -0.3 is 4.74 Å². The Balaban J connectivity index is 2.76. The second-order valence-electron chi connectivity index (χ2n) is 1.90. The summed E-state index contributed by atoms with van der Waals surface area (Å²) in [5, 5.41) is 0.454. The van der Waals surface area contributed by atoms with Gasteiger partial charge in [-0.15, -0.1) is 0 Å². The molecule has 12 heavy (non-hydrogen) atoms. The molecule has 0 bridgehead atoms. The van der Waals surface area contributed by atoms with Gasteiger partial charge in [0.05, 0.1) is 4.99 Å². The number of benzene rings is 1. The highest BCUT2D eigenvalue weighted by Crippen LogP contribution is 2.19. The molecule has 0 spiro atoms. The molecule has 0 heterocycles. The molecule has 1 radical (unpaired) electrons. The lowest BCUT2D eigenvalue weighted by Crippen LogP contribution is -1.87. The zero-order valence-corrected chi connectivity index (χ0v) is 8.19. The van der Waals surface area contributed by atoms with E-state index >= 15 is 0 Å². The van der Waals surface area contributed by atoms with Gasteiger partial charge in [0.1, 0.15) is 5.75 Å². The maximum absolute atomic E-state index is 12.5. The van der Waals surface area contributed by atoms with Crippen molar-refractivity contribution in [3.05, 3.63) is 40.3 Å². The van der Waals surface area contributed by atoms with Gasteiger partial charge >= 0.3 is 0 Å². The standard InChI is InChI=1S/C8H4BrClFO/c9-5-8(11)12-7-3-1-2-6(10)4-7/h2-5H. The van der Waals surface area contributed by atoms with Crippen molar-refractivity contribution < 1.29 is 9.13 Å². The molecule has 0 saturated carbocycles. The maximum atomic E-state index is 12.5. The van der Waals surface area contributed by atoms with Gasteiger partial charge in [0, 0.05) is 5.02 Å². The number of halogens is 3. The van der Waals surface area contributed by atoms with Gasteiger partial charge in [-0.2, -0.15) is 4.39 Å². The monoisotopic (exact) mass is 249 g/mol. The fraction of sp³-hybridized carbons (Fsp3) is 0. The highest BCUT2D eigenvalue weighted by atomic mass is 79.9. The van der Waals surface area contributed by atoms with Gasteiger partial charge in [0.2, 0.25) is 0 Å². The van der Waals surface area contributed by atoms with Crippen LogP contribution in [-0.2, 0) is 0 Å². The zero-order chi connectivity index (χ0) is 8.97. The second-order valence-corrected chi connectivity index (χ2v) is 2.80. The molecule has 1 nitrogen and oxygen atoms in total. The summed E-state index contributed by atoms with van der Waals surface area (Å²) in [5.74, 6) is 0.315. The summed E-state index contributed by atoms with van der Waals surface area (Å²) < 4.78 is 17.2. The summed E-state index contributed by atoms with van der Waals surface area (Å²) in [7, 11) is 0. The minimum atomic E-state index is -0.731. The topological polar surface area (TPSA) is 9.23 Å². The van der Waals surface area contributed by atoms with Crippen molar-refractivity contribution >= 4 is 27.5 Å². The third-order valence-electron chi connectivity index (χ3n) is 1.03. The number of hydrogen-bond acceptors (Lipinski definition) is 1. The summed E-state index contributed by atoms with van der Waals surface area (Å²) in [5.41, 5.74) is 0. The lowest BCUT2D eigenvalue weighted by atomic mass is 10.3. The van der Waals surface area contributed by atoms with Crippen LogP contribution in [0.3, 0.4) is 0 Å². The molecule has 1 aromatic rings. The Hall–Kier alpha value is -0.540. The molecule has 0 aliphatic heterocycles. The first-order valence-corrected chi connectivity index (χ1v) is 4.32. The summed E-state index contributed by atoms with van der Waals surface area (Å²) in [4.78, 5) is 1.04. The van der Waals surface area contributed by atoms with Crippen LogP contribution in [0.15, 0.2) is 29.2 Å². The third kappa shape index (κ3) is 2.83. The fourth-order valence-electron chi connectivity index (χ4n) is 0.616. The van der Waals surface area contributed by atoms with E-state index in [1.165, 1.54) is 12.1 Å². The molecule has 0 aromatic heterocycles. The first-order valence-electron chi connectivity index (χ1n) is 3.03. The Kier molecular flexibility index (Phi) is 3.56. The average Bonchev–Trinajstić information content (AvgIpc) is 2.04. The minimum absolute atomic E-state index is 0.315. The van der Waals surface area contributed by atoms with Gasteiger partial charge in [-0.3, -0.25) is 0 Å². The Bertz CT molecular complexity index is 301. The molecular weight excluding hydrogens is 246 g/mol. The Morgan fingerprint density at radius 2 is 2.42 bits per heavy atom. The van der Waals surface area contributed by atoms with E-state index in [2.05, 4.69) is 26.7 Å². The molecule has 4 heteroatoms. The second kappa shape index (κ2) is 4.48. The molecular formula is C8H4BrClFO. The molecule has 0 amide bonds. The van der Waals surface area contributed by atoms with E-state index in [0.29, 0.717) is 10.8 Å². The molecule has 0 aliphatic carbocycles.